The molecule has 0 radical (unpaired) electrons. The molecule has 5 heterocycles. The third-order valence-corrected chi connectivity index (χ3v) is 7.54. The second-order valence-electron chi connectivity index (χ2n) is 10.4. The SMILES string of the molecule is Cc1cc(C)c(CNc2nc(-c3ccc(CN4CCOCC4)cc3)nc3c2ncn3C2CCCCO2)c(=O)[nH]1. The van der Waals surface area contributed by atoms with Gasteiger partial charge in [-0.3, -0.25) is 14.3 Å². The summed E-state index contributed by atoms with van der Waals surface area (Å²) >= 11 is 0. The first-order chi connectivity index (χ1) is 19.0. The molecule has 0 aliphatic carbocycles. The smallest absolute Gasteiger partial charge is 0.253 e. The lowest BCUT2D eigenvalue weighted by molar-refractivity contribution is -0.0298. The molecule has 10 nitrogen and oxygen atoms in total. The van der Waals surface area contributed by atoms with Gasteiger partial charge in [-0.25, -0.2) is 15.0 Å². The minimum absolute atomic E-state index is 0.0949. The topological polar surface area (TPSA) is 110 Å². The molecule has 1 unspecified atom stereocenters. The average Bonchev–Trinajstić information content (AvgIpc) is 3.38. The molecule has 0 spiro atoms. The molecule has 2 N–H and O–H groups in total. The first-order valence-electron chi connectivity index (χ1n) is 13.7. The van der Waals surface area contributed by atoms with E-state index in [0.717, 1.165) is 81.2 Å². The van der Waals surface area contributed by atoms with Crippen LogP contribution in [-0.2, 0) is 22.6 Å². The largest absolute Gasteiger partial charge is 0.379 e. The van der Waals surface area contributed by atoms with Gasteiger partial charge >= 0.3 is 0 Å². The van der Waals surface area contributed by atoms with Crippen LogP contribution in [0.3, 0.4) is 0 Å². The lowest BCUT2D eigenvalue weighted by atomic mass is 10.1. The molecule has 2 fully saturated rings. The van der Waals surface area contributed by atoms with E-state index >= 15 is 0 Å². The van der Waals surface area contributed by atoms with Crippen molar-refractivity contribution in [2.45, 2.75) is 52.4 Å². The van der Waals surface area contributed by atoms with E-state index in [2.05, 4.69) is 44.5 Å². The second-order valence-corrected chi connectivity index (χ2v) is 10.4. The summed E-state index contributed by atoms with van der Waals surface area (Å²) in [4.78, 5) is 32.5. The molecule has 2 aliphatic heterocycles. The highest BCUT2D eigenvalue weighted by atomic mass is 16.5. The van der Waals surface area contributed by atoms with Crippen LogP contribution in [0.25, 0.3) is 22.6 Å². The van der Waals surface area contributed by atoms with Gasteiger partial charge in [-0.2, -0.15) is 0 Å². The molecule has 0 bridgehead atoms. The molecule has 4 aromatic rings. The molecule has 204 valence electrons. The van der Waals surface area contributed by atoms with Crippen molar-refractivity contribution >= 4 is 17.0 Å². The number of benzene rings is 1. The highest BCUT2D eigenvalue weighted by Crippen LogP contribution is 2.30. The van der Waals surface area contributed by atoms with Crippen molar-refractivity contribution in [3.63, 3.8) is 0 Å². The third kappa shape index (κ3) is 5.59. The van der Waals surface area contributed by atoms with Gasteiger partial charge in [0.1, 0.15) is 6.23 Å². The normalized spacial score (nSPS) is 18.5. The predicted octanol–water partition coefficient (Wildman–Crippen LogP) is 3.94. The molecule has 10 heteroatoms. The third-order valence-electron chi connectivity index (χ3n) is 7.54. The van der Waals surface area contributed by atoms with Gasteiger partial charge in [0.25, 0.3) is 5.56 Å². The number of aryl methyl sites for hydroxylation is 2. The lowest BCUT2D eigenvalue weighted by Crippen LogP contribution is -2.35. The fourth-order valence-corrected chi connectivity index (χ4v) is 5.37. The summed E-state index contributed by atoms with van der Waals surface area (Å²) in [5.74, 6) is 1.20. The average molecular weight is 530 g/mol. The van der Waals surface area contributed by atoms with E-state index in [1.807, 2.05) is 24.5 Å². The molecular formula is C29H35N7O3. The summed E-state index contributed by atoms with van der Waals surface area (Å²) in [6.07, 6.45) is 4.78. The fourth-order valence-electron chi connectivity index (χ4n) is 5.37. The Balaban J connectivity index is 1.34. The van der Waals surface area contributed by atoms with Gasteiger partial charge in [-0.15, -0.1) is 0 Å². The molecule has 2 aliphatic rings. The minimum Gasteiger partial charge on any atom is -0.379 e. The second kappa shape index (κ2) is 11.3. The standard InChI is InChI=1S/C29H35N7O3/c1-19-15-20(2)32-29(37)23(19)16-30-27-25-28(36(18-31-25)24-5-3-4-12-39-24)34-26(33-27)22-8-6-21(7-9-22)17-35-10-13-38-14-11-35/h6-9,15,18,24H,3-5,10-14,16-17H2,1-2H3,(H,32,37)(H,30,33,34). The number of anilines is 1. The highest BCUT2D eigenvalue weighted by molar-refractivity contribution is 5.85. The number of ether oxygens (including phenoxy) is 2. The van der Waals surface area contributed by atoms with Crippen LogP contribution in [0, 0.1) is 13.8 Å². The number of pyridine rings is 1. The van der Waals surface area contributed by atoms with Crippen LogP contribution < -0.4 is 10.9 Å². The molecular weight excluding hydrogens is 494 g/mol. The number of fused-ring (bicyclic) bond motifs is 1. The van der Waals surface area contributed by atoms with Crippen LogP contribution in [0.5, 0.6) is 0 Å². The van der Waals surface area contributed by atoms with Gasteiger partial charge in [0.15, 0.2) is 22.8 Å². The number of hydrogen-bond donors (Lipinski definition) is 2. The van der Waals surface area contributed by atoms with Crippen molar-refractivity contribution in [1.82, 2.24) is 29.4 Å². The summed E-state index contributed by atoms with van der Waals surface area (Å²) < 4.78 is 13.5. The van der Waals surface area contributed by atoms with Crippen molar-refractivity contribution in [2.75, 3.05) is 38.2 Å². The summed E-state index contributed by atoms with van der Waals surface area (Å²) in [7, 11) is 0. The Morgan fingerprint density at radius 1 is 1.08 bits per heavy atom. The maximum Gasteiger partial charge on any atom is 0.253 e. The zero-order valence-corrected chi connectivity index (χ0v) is 22.6. The van der Waals surface area contributed by atoms with Crippen LogP contribution in [0.15, 0.2) is 41.5 Å². The summed E-state index contributed by atoms with van der Waals surface area (Å²) in [6, 6.07) is 10.4. The molecule has 0 amide bonds. The zero-order chi connectivity index (χ0) is 26.8. The molecule has 6 rings (SSSR count). The predicted molar refractivity (Wildman–Crippen MR) is 150 cm³/mol. The van der Waals surface area contributed by atoms with E-state index in [9.17, 15) is 4.79 Å². The van der Waals surface area contributed by atoms with E-state index in [-0.39, 0.29) is 11.8 Å². The van der Waals surface area contributed by atoms with Crippen molar-refractivity contribution in [2.24, 2.45) is 0 Å². The Morgan fingerprint density at radius 2 is 1.90 bits per heavy atom. The summed E-state index contributed by atoms with van der Waals surface area (Å²) in [5, 5.41) is 3.39. The molecule has 1 aromatic carbocycles. The zero-order valence-electron chi connectivity index (χ0n) is 22.6. The molecule has 0 saturated carbocycles. The Morgan fingerprint density at radius 3 is 2.64 bits per heavy atom. The number of rotatable bonds is 7. The van der Waals surface area contributed by atoms with E-state index in [1.165, 1.54) is 5.56 Å². The number of imidazole rings is 1. The number of aromatic nitrogens is 5. The fraction of sp³-hybridized carbons (Fsp3) is 0.448. The first kappa shape index (κ1) is 25.7. The van der Waals surface area contributed by atoms with Gasteiger partial charge in [0, 0.05) is 49.6 Å². The molecule has 1 atom stereocenters. The first-order valence-corrected chi connectivity index (χ1v) is 13.7. The van der Waals surface area contributed by atoms with Gasteiger partial charge in [0.05, 0.1) is 19.5 Å². The molecule has 3 aromatic heterocycles. The number of hydrogen-bond acceptors (Lipinski definition) is 8. The van der Waals surface area contributed by atoms with Crippen LogP contribution in [0.1, 0.15) is 47.9 Å². The lowest BCUT2D eigenvalue weighted by Gasteiger charge is -2.26. The van der Waals surface area contributed by atoms with Crippen molar-refractivity contribution < 1.29 is 9.47 Å². The number of morpholine rings is 1. The monoisotopic (exact) mass is 529 g/mol. The number of nitrogens with one attached hydrogen (secondary N) is 2. The molecule has 2 saturated heterocycles. The van der Waals surface area contributed by atoms with Crippen molar-refractivity contribution in [3.8, 4) is 11.4 Å². The van der Waals surface area contributed by atoms with Crippen LogP contribution >= 0.6 is 0 Å². The maximum absolute atomic E-state index is 12.6. The summed E-state index contributed by atoms with van der Waals surface area (Å²) in [5.41, 5.74) is 5.92. The Bertz CT molecular complexity index is 1500. The van der Waals surface area contributed by atoms with Crippen LogP contribution in [-0.4, -0.2) is 62.3 Å². The number of aromatic amines is 1. The van der Waals surface area contributed by atoms with E-state index < -0.39 is 0 Å². The quantitative estimate of drug-likeness (QED) is 0.371. The van der Waals surface area contributed by atoms with Crippen molar-refractivity contribution in [3.05, 3.63) is 69.4 Å². The minimum atomic E-state index is -0.0996. The van der Waals surface area contributed by atoms with Gasteiger partial charge in [0.2, 0.25) is 0 Å². The van der Waals surface area contributed by atoms with E-state index in [1.54, 1.807) is 6.33 Å². The van der Waals surface area contributed by atoms with Crippen LogP contribution in [0.2, 0.25) is 0 Å². The van der Waals surface area contributed by atoms with E-state index in [4.69, 9.17) is 19.4 Å². The highest BCUT2D eigenvalue weighted by Gasteiger charge is 2.22. The van der Waals surface area contributed by atoms with Crippen molar-refractivity contribution in [1.29, 1.82) is 0 Å². The number of H-pyrrole nitrogens is 1. The maximum atomic E-state index is 12.6. The molecule has 39 heavy (non-hydrogen) atoms. The van der Waals surface area contributed by atoms with Gasteiger partial charge < -0.3 is 19.8 Å². The summed E-state index contributed by atoms with van der Waals surface area (Å²) in [6.45, 7) is 9.27. The van der Waals surface area contributed by atoms with Crippen LogP contribution in [0.4, 0.5) is 5.82 Å². The Kier molecular flexibility index (Phi) is 7.40. The van der Waals surface area contributed by atoms with Gasteiger partial charge in [-0.1, -0.05) is 24.3 Å². The Labute approximate surface area is 227 Å². The Hall–Kier alpha value is -3.60. The van der Waals surface area contributed by atoms with E-state index in [0.29, 0.717) is 29.3 Å². The number of nitrogens with zero attached hydrogens (tertiary/aromatic N) is 5. The van der Waals surface area contributed by atoms with Gasteiger partial charge in [-0.05, 0) is 50.3 Å².